The number of ketones is 1. The van der Waals surface area contributed by atoms with Crippen LogP contribution in [0.2, 0.25) is 10.0 Å². The molecule has 7 nitrogen and oxygen atoms in total. The minimum atomic E-state index is -1.11. The second-order valence-corrected chi connectivity index (χ2v) is 11.1. The van der Waals surface area contributed by atoms with Gasteiger partial charge in [0.05, 0.1) is 21.8 Å². The van der Waals surface area contributed by atoms with Crippen molar-refractivity contribution in [3.63, 3.8) is 0 Å². The van der Waals surface area contributed by atoms with Gasteiger partial charge in [-0.1, -0.05) is 23.2 Å². The van der Waals surface area contributed by atoms with Crippen LogP contribution in [0.4, 0.5) is 0 Å². The molecule has 1 saturated heterocycles. The number of nitrogens with zero attached hydrogens (tertiary/aromatic N) is 3. The summed E-state index contributed by atoms with van der Waals surface area (Å²) < 4.78 is 15.1. The molecule has 186 valence electrons. The quantitative estimate of drug-likeness (QED) is 0.301. The molecule has 2 unspecified atom stereocenters. The van der Waals surface area contributed by atoms with Crippen LogP contribution in [-0.4, -0.2) is 38.3 Å². The highest BCUT2D eigenvalue weighted by Gasteiger charge is 2.37. The van der Waals surface area contributed by atoms with Crippen molar-refractivity contribution in [3.8, 4) is 11.1 Å². The molecule has 0 bridgehead atoms. The molecule has 0 spiro atoms. The number of hydrogen-bond donors (Lipinski definition) is 0. The number of aromatic nitrogens is 3. The molecule has 2 aliphatic heterocycles. The topological polar surface area (TPSA) is 75.3 Å². The summed E-state index contributed by atoms with van der Waals surface area (Å²) in [6.45, 7) is 6.09. The van der Waals surface area contributed by atoms with Crippen molar-refractivity contribution >= 4 is 45.9 Å². The number of rotatable bonds is 3. The molecular formula is C26H29Cl2N3O4. The number of hydrogen-bond acceptors (Lipinski definition) is 5. The fraction of sp³-hybridized carbons (Fsp3) is 0.500. The molecule has 4 heterocycles. The number of halogens is 2. The van der Waals surface area contributed by atoms with Crippen LogP contribution in [0, 0.1) is 0 Å². The Bertz CT molecular complexity index is 1300. The number of aryl methyl sites for hydroxylation is 1. The average molecular weight is 518 g/mol. The largest absolute Gasteiger partial charge is 0.458 e. The van der Waals surface area contributed by atoms with E-state index in [0.29, 0.717) is 34.8 Å². The predicted octanol–water partition coefficient (Wildman–Crippen LogP) is 6.30. The van der Waals surface area contributed by atoms with E-state index in [1.165, 1.54) is 0 Å². The van der Waals surface area contributed by atoms with Gasteiger partial charge < -0.3 is 14.0 Å². The second-order valence-electron chi connectivity index (χ2n) is 10.3. The number of carbonyl (C=O) groups excluding carboxylic acids is 2. The number of esters is 1. The Hall–Kier alpha value is -2.35. The molecule has 3 aromatic rings. The van der Waals surface area contributed by atoms with E-state index >= 15 is 0 Å². The molecule has 0 saturated carbocycles. The molecule has 0 amide bonds. The number of fused-ring (bicyclic) bond motifs is 3. The standard InChI is InChI=1S/C26H29Cl2N3O4/c1-26(2,3)35-25(33)24-20(32)8-6-7-16-11-18-17(12-19(27)22(28)23(18)31(16)24)15-13-29-30(14-15)21-9-4-5-10-34-21/h11-14,21,24H,4-10H2,1-3H3. The van der Waals surface area contributed by atoms with Gasteiger partial charge in [-0.15, -0.1) is 0 Å². The van der Waals surface area contributed by atoms with E-state index in [-0.39, 0.29) is 12.0 Å². The lowest BCUT2D eigenvalue weighted by Gasteiger charge is -2.25. The normalized spacial score (nSPS) is 21.1. The summed E-state index contributed by atoms with van der Waals surface area (Å²) in [5, 5.41) is 6.02. The van der Waals surface area contributed by atoms with Gasteiger partial charge in [-0.2, -0.15) is 5.10 Å². The minimum absolute atomic E-state index is 0.0873. The van der Waals surface area contributed by atoms with Gasteiger partial charge in [0.2, 0.25) is 0 Å². The van der Waals surface area contributed by atoms with Crippen LogP contribution >= 0.6 is 23.2 Å². The van der Waals surface area contributed by atoms with Gasteiger partial charge in [0.15, 0.2) is 11.8 Å². The van der Waals surface area contributed by atoms with Gasteiger partial charge in [-0.3, -0.25) is 4.79 Å². The Balaban J connectivity index is 1.66. The summed E-state index contributed by atoms with van der Waals surface area (Å²) in [4.78, 5) is 26.4. The Kier molecular flexibility index (Phi) is 6.45. The number of benzene rings is 1. The molecule has 0 N–H and O–H groups in total. The van der Waals surface area contributed by atoms with Crippen molar-refractivity contribution in [3.05, 3.63) is 40.3 Å². The monoisotopic (exact) mass is 517 g/mol. The van der Waals surface area contributed by atoms with E-state index < -0.39 is 17.6 Å². The van der Waals surface area contributed by atoms with Crippen molar-refractivity contribution in [1.82, 2.24) is 14.3 Å². The van der Waals surface area contributed by atoms with E-state index in [0.717, 1.165) is 48.1 Å². The van der Waals surface area contributed by atoms with E-state index in [2.05, 4.69) is 5.10 Å². The lowest BCUT2D eigenvalue weighted by Crippen LogP contribution is -2.34. The fourth-order valence-electron chi connectivity index (χ4n) is 5.00. The zero-order valence-corrected chi connectivity index (χ0v) is 21.7. The van der Waals surface area contributed by atoms with Crippen LogP contribution in [0.3, 0.4) is 0 Å². The lowest BCUT2D eigenvalue weighted by molar-refractivity contribution is -0.160. The maximum absolute atomic E-state index is 13.2. The molecule has 5 rings (SSSR count). The molecule has 9 heteroatoms. The SMILES string of the molecule is CC(C)(C)OC(=O)C1C(=O)CCCc2cc3c(-c4cnn(C5CCCCO5)c4)cc(Cl)c(Cl)c3n21. The van der Waals surface area contributed by atoms with Crippen molar-refractivity contribution in [1.29, 1.82) is 0 Å². The molecule has 2 aliphatic rings. The van der Waals surface area contributed by atoms with Gasteiger partial charge >= 0.3 is 5.97 Å². The Morgan fingerprint density at radius 2 is 1.97 bits per heavy atom. The van der Waals surface area contributed by atoms with Crippen LogP contribution in [0.15, 0.2) is 24.5 Å². The van der Waals surface area contributed by atoms with Gasteiger partial charge in [-0.05, 0) is 70.6 Å². The zero-order valence-electron chi connectivity index (χ0n) is 20.1. The lowest BCUT2D eigenvalue weighted by atomic mass is 10.0. The minimum Gasteiger partial charge on any atom is -0.458 e. The van der Waals surface area contributed by atoms with Crippen LogP contribution in [0.5, 0.6) is 0 Å². The first-order valence-corrected chi connectivity index (χ1v) is 12.8. The van der Waals surface area contributed by atoms with E-state index in [9.17, 15) is 9.59 Å². The van der Waals surface area contributed by atoms with Gasteiger partial charge in [-0.25, -0.2) is 9.48 Å². The first-order valence-electron chi connectivity index (χ1n) is 12.1. The Labute approximate surface area is 214 Å². The smallest absolute Gasteiger partial charge is 0.337 e. The highest BCUT2D eigenvalue weighted by atomic mass is 35.5. The summed E-state index contributed by atoms with van der Waals surface area (Å²) in [6, 6.07) is 2.72. The third kappa shape index (κ3) is 4.61. The number of Topliss-reactive ketones (excluding diaryl/α,β-unsaturated/α-hetero) is 1. The maximum atomic E-state index is 13.2. The molecular weight excluding hydrogens is 489 g/mol. The first kappa shape index (κ1) is 24.3. The van der Waals surface area contributed by atoms with Crippen molar-refractivity contribution in [2.24, 2.45) is 0 Å². The van der Waals surface area contributed by atoms with Crippen LogP contribution in [0.1, 0.15) is 70.8 Å². The summed E-state index contributed by atoms with van der Waals surface area (Å²) in [5.41, 5.74) is 2.40. The fourth-order valence-corrected chi connectivity index (χ4v) is 5.45. The molecule has 1 fully saturated rings. The summed E-state index contributed by atoms with van der Waals surface area (Å²) in [5.74, 6) is -0.765. The Morgan fingerprint density at radius 1 is 1.17 bits per heavy atom. The third-order valence-electron chi connectivity index (χ3n) is 6.51. The van der Waals surface area contributed by atoms with Crippen molar-refractivity contribution in [2.75, 3.05) is 6.61 Å². The first-order chi connectivity index (χ1) is 16.6. The summed E-state index contributed by atoms with van der Waals surface area (Å²) in [7, 11) is 0. The maximum Gasteiger partial charge on any atom is 0.337 e. The number of carbonyl (C=O) groups is 2. The van der Waals surface area contributed by atoms with E-state index in [1.54, 1.807) is 31.5 Å². The highest BCUT2D eigenvalue weighted by Crippen LogP contribution is 2.43. The molecule has 35 heavy (non-hydrogen) atoms. The van der Waals surface area contributed by atoms with Gasteiger partial charge in [0.1, 0.15) is 11.8 Å². The molecule has 1 aromatic carbocycles. The summed E-state index contributed by atoms with van der Waals surface area (Å²) >= 11 is 13.3. The van der Waals surface area contributed by atoms with E-state index in [1.807, 2.05) is 23.0 Å². The van der Waals surface area contributed by atoms with Crippen LogP contribution in [0.25, 0.3) is 22.0 Å². The molecule has 2 atom stereocenters. The Morgan fingerprint density at radius 3 is 2.69 bits per heavy atom. The third-order valence-corrected chi connectivity index (χ3v) is 7.29. The molecule has 0 aliphatic carbocycles. The van der Waals surface area contributed by atoms with Crippen LogP contribution < -0.4 is 0 Å². The van der Waals surface area contributed by atoms with E-state index in [4.69, 9.17) is 32.7 Å². The van der Waals surface area contributed by atoms with Gasteiger partial charge in [0.25, 0.3) is 0 Å². The molecule has 0 radical (unpaired) electrons. The summed E-state index contributed by atoms with van der Waals surface area (Å²) in [6.07, 6.45) is 8.31. The molecule has 2 aromatic heterocycles. The average Bonchev–Trinajstić information content (AvgIpc) is 3.38. The zero-order chi connectivity index (χ0) is 24.9. The predicted molar refractivity (Wildman–Crippen MR) is 135 cm³/mol. The highest BCUT2D eigenvalue weighted by molar-refractivity contribution is 6.45. The van der Waals surface area contributed by atoms with Crippen LogP contribution in [-0.2, 0) is 25.5 Å². The van der Waals surface area contributed by atoms with Gasteiger partial charge in [0, 0.05) is 35.9 Å². The number of ether oxygens (including phenoxy) is 2. The van der Waals surface area contributed by atoms with Crippen molar-refractivity contribution in [2.45, 2.75) is 77.2 Å². The second kappa shape index (κ2) is 9.26. The van der Waals surface area contributed by atoms with Crippen molar-refractivity contribution < 1.29 is 19.1 Å².